The van der Waals surface area contributed by atoms with Crippen molar-refractivity contribution in [3.63, 3.8) is 0 Å². The lowest BCUT2D eigenvalue weighted by Crippen LogP contribution is -2.29. The molecule has 1 aromatic rings. The Hall–Kier alpha value is -1.28. The highest BCUT2D eigenvalue weighted by atomic mass is 35.5. The smallest absolute Gasteiger partial charge is 0.338 e. The van der Waals surface area contributed by atoms with E-state index < -0.39 is 0 Å². The molecule has 2 fully saturated rings. The fraction of sp³-hybridized carbons (Fsp3) is 0.609. The molecule has 142 valence electrons. The fourth-order valence-corrected chi connectivity index (χ4v) is 4.91. The molecular weight excluding hydrogens is 344 g/mol. The standard InChI is InChI=1S/C23H31ClO2/c1-2-3-4-17-5-7-18(8-6-17)19-11-15-22(16-12-19)26-23(25)20-9-13-21(24)14-10-20/h2,9-10,13-14,17-19,22H,1,3-8,11-12,15-16H2/t17-,18-,19-,22-. The summed E-state index contributed by atoms with van der Waals surface area (Å²) in [5.74, 6) is 2.43. The Balaban J connectivity index is 1.40. The molecule has 0 atom stereocenters. The second kappa shape index (κ2) is 9.60. The Morgan fingerprint density at radius 1 is 1.00 bits per heavy atom. The Bertz CT molecular complexity index is 579. The van der Waals surface area contributed by atoms with Crippen molar-refractivity contribution in [2.45, 2.75) is 70.3 Å². The molecule has 0 aliphatic heterocycles. The van der Waals surface area contributed by atoms with Crippen molar-refractivity contribution in [2.75, 3.05) is 0 Å². The number of carbonyl (C=O) groups excluding carboxylic acids is 1. The Morgan fingerprint density at radius 2 is 1.58 bits per heavy atom. The molecule has 2 aliphatic carbocycles. The van der Waals surface area contributed by atoms with Crippen molar-refractivity contribution >= 4 is 17.6 Å². The Labute approximate surface area is 163 Å². The van der Waals surface area contributed by atoms with Crippen LogP contribution in [0.1, 0.15) is 74.6 Å². The molecule has 3 heteroatoms. The quantitative estimate of drug-likeness (QED) is 0.403. The number of ether oxygens (including phenoxy) is 1. The van der Waals surface area contributed by atoms with E-state index in [-0.39, 0.29) is 12.1 Å². The maximum atomic E-state index is 12.3. The topological polar surface area (TPSA) is 26.3 Å². The average molecular weight is 375 g/mol. The van der Waals surface area contributed by atoms with E-state index >= 15 is 0 Å². The first-order chi connectivity index (χ1) is 12.7. The van der Waals surface area contributed by atoms with E-state index in [1.807, 2.05) is 0 Å². The van der Waals surface area contributed by atoms with E-state index in [1.165, 1.54) is 51.4 Å². The van der Waals surface area contributed by atoms with Crippen molar-refractivity contribution in [3.8, 4) is 0 Å². The van der Waals surface area contributed by atoms with Gasteiger partial charge in [-0.1, -0.05) is 30.5 Å². The molecule has 1 aromatic carbocycles. The van der Waals surface area contributed by atoms with Gasteiger partial charge in [-0.2, -0.15) is 0 Å². The molecule has 0 saturated heterocycles. The van der Waals surface area contributed by atoms with Gasteiger partial charge in [0.1, 0.15) is 6.10 Å². The Kier molecular flexibility index (Phi) is 7.19. The predicted molar refractivity (Wildman–Crippen MR) is 107 cm³/mol. The van der Waals surface area contributed by atoms with E-state index in [0.29, 0.717) is 10.6 Å². The minimum atomic E-state index is -0.215. The van der Waals surface area contributed by atoms with Crippen LogP contribution in [0.3, 0.4) is 0 Å². The van der Waals surface area contributed by atoms with Crippen molar-refractivity contribution in [1.82, 2.24) is 0 Å². The third-order valence-corrected chi connectivity index (χ3v) is 6.66. The molecule has 3 rings (SSSR count). The van der Waals surface area contributed by atoms with Gasteiger partial charge in [-0.05, 0) is 93.4 Å². The maximum Gasteiger partial charge on any atom is 0.338 e. The van der Waals surface area contributed by atoms with E-state index in [9.17, 15) is 4.79 Å². The number of hydrogen-bond donors (Lipinski definition) is 0. The number of carbonyl (C=O) groups is 1. The summed E-state index contributed by atoms with van der Waals surface area (Å²) in [4.78, 5) is 12.3. The van der Waals surface area contributed by atoms with Crippen molar-refractivity contribution in [2.24, 2.45) is 17.8 Å². The molecule has 0 amide bonds. The lowest BCUT2D eigenvalue weighted by Gasteiger charge is -2.37. The van der Waals surface area contributed by atoms with Gasteiger partial charge in [-0.25, -0.2) is 4.79 Å². The molecule has 2 nitrogen and oxygen atoms in total. The summed E-state index contributed by atoms with van der Waals surface area (Å²) < 4.78 is 5.72. The number of allylic oxidation sites excluding steroid dienone is 1. The van der Waals surface area contributed by atoms with Crippen molar-refractivity contribution < 1.29 is 9.53 Å². The number of halogens is 1. The normalized spacial score (nSPS) is 29.1. The number of benzene rings is 1. The summed E-state index contributed by atoms with van der Waals surface area (Å²) in [5.41, 5.74) is 0.592. The third-order valence-electron chi connectivity index (χ3n) is 6.41. The van der Waals surface area contributed by atoms with Crippen LogP contribution in [0.15, 0.2) is 36.9 Å². The van der Waals surface area contributed by atoms with Crippen LogP contribution in [0.2, 0.25) is 5.02 Å². The highest BCUT2D eigenvalue weighted by molar-refractivity contribution is 6.30. The zero-order valence-electron chi connectivity index (χ0n) is 15.7. The van der Waals surface area contributed by atoms with E-state index in [1.54, 1.807) is 24.3 Å². The molecule has 0 spiro atoms. The second-order valence-corrected chi connectivity index (χ2v) is 8.53. The van der Waals surface area contributed by atoms with E-state index in [4.69, 9.17) is 16.3 Å². The highest BCUT2D eigenvalue weighted by Crippen LogP contribution is 2.41. The van der Waals surface area contributed by atoms with Gasteiger partial charge in [0.05, 0.1) is 5.56 Å². The van der Waals surface area contributed by atoms with Gasteiger partial charge < -0.3 is 4.74 Å². The minimum Gasteiger partial charge on any atom is -0.459 e. The number of esters is 1. The van der Waals surface area contributed by atoms with Gasteiger partial charge in [-0.15, -0.1) is 6.58 Å². The maximum absolute atomic E-state index is 12.3. The largest absolute Gasteiger partial charge is 0.459 e. The minimum absolute atomic E-state index is 0.0818. The highest BCUT2D eigenvalue weighted by Gasteiger charge is 2.31. The van der Waals surface area contributed by atoms with Crippen LogP contribution >= 0.6 is 11.6 Å². The van der Waals surface area contributed by atoms with Gasteiger partial charge in [0.2, 0.25) is 0 Å². The zero-order valence-corrected chi connectivity index (χ0v) is 16.4. The van der Waals surface area contributed by atoms with Crippen LogP contribution in [-0.2, 0) is 4.74 Å². The lowest BCUT2D eigenvalue weighted by molar-refractivity contribution is 0.0109. The lowest BCUT2D eigenvalue weighted by atomic mass is 9.70. The molecule has 26 heavy (non-hydrogen) atoms. The van der Waals surface area contributed by atoms with Crippen molar-refractivity contribution in [1.29, 1.82) is 0 Å². The van der Waals surface area contributed by atoms with Crippen LogP contribution in [0.4, 0.5) is 0 Å². The molecular formula is C23H31ClO2. The average Bonchev–Trinajstić information content (AvgIpc) is 2.68. The van der Waals surface area contributed by atoms with Gasteiger partial charge in [-0.3, -0.25) is 0 Å². The number of rotatable bonds is 6. The monoisotopic (exact) mass is 374 g/mol. The predicted octanol–water partition coefficient (Wildman–Crippen LogP) is 6.83. The molecule has 0 bridgehead atoms. The zero-order chi connectivity index (χ0) is 18.4. The van der Waals surface area contributed by atoms with E-state index in [2.05, 4.69) is 12.7 Å². The first kappa shape index (κ1) is 19.5. The molecule has 0 heterocycles. The Morgan fingerprint density at radius 3 is 2.15 bits per heavy atom. The van der Waals surface area contributed by atoms with Gasteiger partial charge in [0.25, 0.3) is 0 Å². The van der Waals surface area contributed by atoms with Gasteiger partial charge >= 0.3 is 5.97 Å². The molecule has 2 saturated carbocycles. The summed E-state index contributed by atoms with van der Waals surface area (Å²) in [6.45, 7) is 3.84. The van der Waals surface area contributed by atoms with Crippen LogP contribution < -0.4 is 0 Å². The summed E-state index contributed by atoms with van der Waals surface area (Å²) in [6, 6.07) is 6.95. The third kappa shape index (κ3) is 5.36. The summed E-state index contributed by atoms with van der Waals surface area (Å²) in [6.07, 6.45) is 14.6. The first-order valence-corrected chi connectivity index (χ1v) is 10.6. The molecule has 0 radical (unpaired) electrons. The molecule has 0 unspecified atom stereocenters. The fourth-order valence-electron chi connectivity index (χ4n) is 4.79. The van der Waals surface area contributed by atoms with Crippen LogP contribution in [-0.4, -0.2) is 12.1 Å². The van der Waals surface area contributed by atoms with Crippen LogP contribution in [0, 0.1) is 17.8 Å². The summed E-state index contributed by atoms with van der Waals surface area (Å²) >= 11 is 5.88. The second-order valence-electron chi connectivity index (χ2n) is 8.10. The van der Waals surface area contributed by atoms with Gasteiger partial charge in [0.15, 0.2) is 0 Å². The SMILES string of the molecule is C=CCC[C@H]1CC[C@H]([C@H]2CC[C@H](OC(=O)c3ccc(Cl)cc3)CC2)CC1. The summed E-state index contributed by atoms with van der Waals surface area (Å²) in [5, 5.41) is 0.640. The van der Waals surface area contributed by atoms with Gasteiger partial charge in [0, 0.05) is 5.02 Å². The summed E-state index contributed by atoms with van der Waals surface area (Å²) in [7, 11) is 0. The van der Waals surface area contributed by atoms with Crippen LogP contribution in [0.5, 0.6) is 0 Å². The molecule has 2 aliphatic rings. The molecule has 0 aromatic heterocycles. The number of hydrogen-bond acceptors (Lipinski definition) is 2. The molecule has 0 N–H and O–H groups in total. The van der Waals surface area contributed by atoms with E-state index in [0.717, 1.165) is 30.6 Å². The van der Waals surface area contributed by atoms with Crippen LogP contribution in [0.25, 0.3) is 0 Å². The first-order valence-electron chi connectivity index (χ1n) is 10.2. The van der Waals surface area contributed by atoms with Crippen molar-refractivity contribution in [3.05, 3.63) is 47.5 Å².